The average molecular weight is 471 g/mol. The number of rotatable bonds is 6. The molecule has 0 aliphatic carbocycles. The Balaban J connectivity index is 1.51. The van der Waals surface area contributed by atoms with Crippen molar-refractivity contribution in [3.8, 4) is 11.4 Å². The first kappa shape index (κ1) is 25.0. The van der Waals surface area contributed by atoms with E-state index in [1.165, 1.54) is 0 Å². The quantitative estimate of drug-likeness (QED) is 0.579. The van der Waals surface area contributed by atoms with Crippen LogP contribution in [0.3, 0.4) is 0 Å². The number of allylic oxidation sites excluding steroid dienone is 2. The number of pyridine rings is 1. The van der Waals surface area contributed by atoms with Gasteiger partial charge in [0.25, 0.3) is 0 Å². The molecule has 1 saturated heterocycles. The summed E-state index contributed by atoms with van der Waals surface area (Å²) < 4.78 is 0. The first-order chi connectivity index (χ1) is 16.7. The summed E-state index contributed by atoms with van der Waals surface area (Å²) in [5, 5.41) is 12.9. The van der Waals surface area contributed by atoms with Crippen molar-refractivity contribution in [3.05, 3.63) is 72.0 Å². The van der Waals surface area contributed by atoms with Crippen LogP contribution in [0.25, 0.3) is 17.1 Å². The van der Waals surface area contributed by atoms with Crippen LogP contribution >= 0.6 is 0 Å². The van der Waals surface area contributed by atoms with E-state index in [1.807, 2.05) is 36.5 Å². The van der Waals surface area contributed by atoms with Crippen molar-refractivity contribution in [2.45, 2.75) is 59.9 Å². The molecule has 0 radical (unpaired) electrons. The van der Waals surface area contributed by atoms with E-state index < -0.39 is 0 Å². The van der Waals surface area contributed by atoms with Gasteiger partial charge in [-0.1, -0.05) is 26.5 Å². The van der Waals surface area contributed by atoms with Gasteiger partial charge in [-0.3, -0.25) is 9.98 Å². The van der Waals surface area contributed by atoms with E-state index in [1.54, 1.807) is 6.21 Å². The van der Waals surface area contributed by atoms with Gasteiger partial charge in [-0.15, -0.1) is 5.10 Å². The molecule has 0 aromatic carbocycles. The first-order valence-corrected chi connectivity index (χ1v) is 12.6. The van der Waals surface area contributed by atoms with Crippen LogP contribution in [0.15, 0.2) is 60.1 Å². The molecule has 0 spiro atoms. The fourth-order valence-corrected chi connectivity index (χ4v) is 5.20. The molecule has 0 saturated carbocycles. The second-order valence-electron chi connectivity index (χ2n) is 10.8. The van der Waals surface area contributed by atoms with Crippen molar-refractivity contribution in [1.29, 1.82) is 0 Å². The van der Waals surface area contributed by atoms with Gasteiger partial charge in [0.05, 0.1) is 29.0 Å². The van der Waals surface area contributed by atoms with Crippen molar-refractivity contribution in [2.75, 3.05) is 6.54 Å². The van der Waals surface area contributed by atoms with E-state index in [9.17, 15) is 0 Å². The van der Waals surface area contributed by atoms with Crippen molar-refractivity contribution >= 4 is 11.9 Å². The van der Waals surface area contributed by atoms with Crippen molar-refractivity contribution in [2.24, 2.45) is 22.7 Å². The van der Waals surface area contributed by atoms with Gasteiger partial charge in [0, 0.05) is 29.7 Å². The van der Waals surface area contributed by atoms with Gasteiger partial charge >= 0.3 is 0 Å². The lowest BCUT2D eigenvalue weighted by atomic mass is 9.71. The molecule has 4 rings (SSSR count). The Kier molecular flexibility index (Phi) is 7.31. The van der Waals surface area contributed by atoms with E-state index in [0.29, 0.717) is 17.8 Å². The van der Waals surface area contributed by atoms with Gasteiger partial charge < -0.3 is 10.2 Å². The van der Waals surface area contributed by atoms with Gasteiger partial charge in [-0.2, -0.15) is 5.10 Å². The topological polar surface area (TPSA) is 66.3 Å². The summed E-state index contributed by atoms with van der Waals surface area (Å²) in [4.78, 5) is 11.2. The molecule has 6 heteroatoms. The minimum absolute atomic E-state index is 0.168. The molecular weight excluding hydrogens is 432 g/mol. The summed E-state index contributed by atoms with van der Waals surface area (Å²) >= 11 is 0. The summed E-state index contributed by atoms with van der Waals surface area (Å²) in [6.45, 7) is 18.4. The Labute approximate surface area is 210 Å². The Hall–Kier alpha value is -3.12. The molecule has 1 unspecified atom stereocenters. The molecule has 2 aromatic heterocycles. The van der Waals surface area contributed by atoms with Crippen molar-refractivity contribution in [3.63, 3.8) is 0 Å². The molecule has 184 valence electrons. The second-order valence-corrected chi connectivity index (χ2v) is 10.8. The Bertz CT molecular complexity index is 1160. The van der Waals surface area contributed by atoms with E-state index in [0.717, 1.165) is 59.0 Å². The maximum Gasteiger partial charge on any atom is 0.112 e. The first-order valence-electron chi connectivity index (χ1n) is 12.6. The van der Waals surface area contributed by atoms with Crippen LogP contribution in [0.1, 0.15) is 57.9 Å². The number of nitrogens with one attached hydrogen (secondary N) is 1. The Morgan fingerprint density at radius 2 is 2.06 bits per heavy atom. The molecule has 2 aliphatic rings. The minimum atomic E-state index is 0.168. The van der Waals surface area contributed by atoms with Gasteiger partial charge in [0.2, 0.25) is 0 Å². The summed E-state index contributed by atoms with van der Waals surface area (Å²) in [7, 11) is 0. The highest BCUT2D eigenvalue weighted by atomic mass is 15.1. The van der Waals surface area contributed by atoms with Gasteiger partial charge in [-0.25, -0.2) is 0 Å². The average Bonchev–Trinajstić information content (AvgIpc) is 2.80. The normalized spacial score (nSPS) is 22.2. The highest BCUT2D eigenvalue weighted by Gasteiger charge is 2.36. The molecule has 2 atom stereocenters. The van der Waals surface area contributed by atoms with E-state index in [2.05, 4.69) is 79.9 Å². The zero-order valence-electron chi connectivity index (χ0n) is 21.9. The smallest absolute Gasteiger partial charge is 0.112 e. The van der Waals surface area contributed by atoms with Crippen molar-refractivity contribution in [1.82, 2.24) is 25.4 Å². The minimum Gasteiger partial charge on any atom is -0.321 e. The van der Waals surface area contributed by atoms with Crippen LogP contribution in [0.5, 0.6) is 0 Å². The summed E-state index contributed by atoms with van der Waals surface area (Å²) in [5.74, 6) is 1.90. The van der Waals surface area contributed by atoms with Crippen molar-refractivity contribution < 1.29 is 0 Å². The third-order valence-electron chi connectivity index (χ3n) is 7.11. The maximum atomic E-state index is 4.73. The molecule has 35 heavy (non-hydrogen) atoms. The summed E-state index contributed by atoms with van der Waals surface area (Å²) in [6.07, 6.45) is 11.7. The van der Waals surface area contributed by atoms with Crippen LogP contribution in [-0.4, -0.2) is 38.4 Å². The fraction of sp³-hybridized carbons (Fsp3) is 0.448. The van der Waals surface area contributed by atoms with E-state index in [-0.39, 0.29) is 5.54 Å². The van der Waals surface area contributed by atoms with Crippen LogP contribution in [0.2, 0.25) is 0 Å². The fourth-order valence-electron chi connectivity index (χ4n) is 5.20. The third kappa shape index (κ3) is 5.76. The van der Waals surface area contributed by atoms with Gasteiger partial charge in [-0.05, 0) is 88.6 Å². The Morgan fingerprint density at radius 3 is 2.71 bits per heavy atom. The zero-order valence-corrected chi connectivity index (χ0v) is 21.9. The molecule has 2 aromatic rings. The number of hydrogen-bond donors (Lipinski definition) is 1. The summed E-state index contributed by atoms with van der Waals surface area (Å²) in [5.41, 5.74) is 6.56. The third-order valence-corrected chi connectivity index (χ3v) is 7.11. The number of aliphatic imine (C=N–C) groups is 1. The zero-order chi connectivity index (χ0) is 25.2. The number of nitrogens with zero attached hydrogens (tertiary/aromatic N) is 5. The molecule has 2 aliphatic heterocycles. The van der Waals surface area contributed by atoms with Gasteiger partial charge in [0.1, 0.15) is 5.69 Å². The Morgan fingerprint density at radius 1 is 1.26 bits per heavy atom. The highest BCUT2D eigenvalue weighted by molar-refractivity contribution is 5.87. The highest BCUT2D eigenvalue weighted by Crippen LogP contribution is 2.35. The van der Waals surface area contributed by atoms with Gasteiger partial charge in [0.15, 0.2) is 0 Å². The van der Waals surface area contributed by atoms with Crippen LogP contribution < -0.4 is 5.32 Å². The lowest BCUT2D eigenvalue weighted by Gasteiger charge is -2.43. The number of aromatic nitrogens is 3. The molecule has 0 amide bonds. The van der Waals surface area contributed by atoms with Crippen LogP contribution in [0, 0.1) is 24.7 Å². The molecule has 1 fully saturated rings. The molecule has 1 N–H and O–H groups in total. The molecule has 4 heterocycles. The molecule has 6 nitrogen and oxygen atoms in total. The number of piperidine rings is 1. The SMILES string of the molecule is C=C1C=NC(c2cnc(-c3ccc(CC4CC(C)(C)NC[C@@H]4C(C)C)nn3)c(C)c2)=CN1/C=C\C. The lowest BCUT2D eigenvalue weighted by Crippen LogP contribution is -2.52. The molecular formula is C29H38N6. The standard InChI is InChI=1S/C29H38N6/c1-8-11-35-18-27(30-15-21(35)5)23-12-20(4)28(31-16-23)26-10-9-24(33-34-26)13-22-14-29(6,7)32-17-25(22)19(2)3/h8-12,15-16,18-19,22,25,32H,5,13-14,17H2,1-4,6-7H3/b11-8-/t22?,25-/m1/s1. The second kappa shape index (κ2) is 10.2. The largest absolute Gasteiger partial charge is 0.321 e. The maximum absolute atomic E-state index is 4.73. The lowest BCUT2D eigenvalue weighted by molar-refractivity contribution is 0.123. The summed E-state index contributed by atoms with van der Waals surface area (Å²) in [6, 6.07) is 6.29. The monoisotopic (exact) mass is 470 g/mol. The number of aryl methyl sites for hydroxylation is 1. The van der Waals surface area contributed by atoms with E-state index >= 15 is 0 Å². The predicted octanol–water partition coefficient (Wildman–Crippen LogP) is 5.78. The number of hydrogen-bond acceptors (Lipinski definition) is 6. The van der Waals surface area contributed by atoms with Crippen LogP contribution in [-0.2, 0) is 6.42 Å². The van der Waals surface area contributed by atoms with E-state index in [4.69, 9.17) is 4.98 Å². The van der Waals surface area contributed by atoms with Crippen LogP contribution in [0.4, 0.5) is 0 Å². The molecule has 0 bridgehead atoms. The predicted molar refractivity (Wildman–Crippen MR) is 144 cm³/mol.